The highest BCUT2D eigenvalue weighted by atomic mass is 16.7. The summed E-state index contributed by atoms with van der Waals surface area (Å²) in [5.41, 5.74) is 2.49. The van der Waals surface area contributed by atoms with Crippen molar-refractivity contribution in [3.8, 4) is 11.5 Å². The van der Waals surface area contributed by atoms with Gasteiger partial charge in [0.15, 0.2) is 17.3 Å². The lowest BCUT2D eigenvalue weighted by Crippen LogP contribution is -2.47. The number of fused-ring (bicyclic) bond motifs is 6. The molecule has 0 aromatic heterocycles. The van der Waals surface area contributed by atoms with Gasteiger partial charge in [0, 0.05) is 17.8 Å². The van der Waals surface area contributed by atoms with E-state index < -0.39 is 17.9 Å². The van der Waals surface area contributed by atoms with Gasteiger partial charge in [-0.15, -0.1) is 0 Å². The molecule has 4 heterocycles. The molecular weight excluding hydrogens is 444 g/mol. The van der Waals surface area contributed by atoms with Gasteiger partial charge in [0.2, 0.25) is 18.6 Å². The van der Waals surface area contributed by atoms with E-state index in [1.54, 1.807) is 18.2 Å². The maximum atomic E-state index is 14.0. The number of benzene rings is 2. The van der Waals surface area contributed by atoms with Gasteiger partial charge in [0.1, 0.15) is 6.04 Å². The van der Waals surface area contributed by atoms with Crippen LogP contribution < -0.4 is 9.47 Å². The molecule has 2 amide bonds. The van der Waals surface area contributed by atoms with Crippen LogP contribution in [0.4, 0.5) is 0 Å². The van der Waals surface area contributed by atoms with Crippen molar-refractivity contribution in [2.45, 2.75) is 50.2 Å². The Bertz CT molecular complexity index is 1280. The molecule has 3 fully saturated rings. The van der Waals surface area contributed by atoms with Crippen LogP contribution in [0.3, 0.4) is 0 Å². The smallest absolute Gasteiger partial charge is 0.236 e. The van der Waals surface area contributed by atoms with Gasteiger partial charge >= 0.3 is 0 Å². The first kappa shape index (κ1) is 20.7. The number of imide groups is 1. The van der Waals surface area contributed by atoms with Crippen LogP contribution in [0.2, 0.25) is 0 Å². The molecule has 2 aromatic rings. The summed E-state index contributed by atoms with van der Waals surface area (Å²) in [6.45, 7) is 0.123. The first-order valence-electron chi connectivity index (χ1n) is 12.5. The molecule has 4 atom stereocenters. The van der Waals surface area contributed by atoms with Gasteiger partial charge in [0.05, 0.1) is 17.9 Å². The number of rotatable bonds is 3. The average molecular weight is 471 g/mol. The molecule has 2 aromatic carbocycles. The minimum atomic E-state index is -0.750. The SMILES string of the molecule is O=C(c1ccc2c(c1)OCO2)[C@@H]1[C@@H]2C(=O)N(C3CCCCC3)C(=O)[C@H]2[C@@H]2c3ccccc3C=CN12. The zero-order chi connectivity index (χ0) is 23.7. The van der Waals surface area contributed by atoms with Gasteiger partial charge in [-0.1, -0.05) is 43.5 Å². The van der Waals surface area contributed by atoms with E-state index in [1.165, 1.54) is 4.90 Å². The summed E-state index contributed by atoms with van der Waals surface area (Å²) in [5, 5.41) is 0. The van der Waals surface area contributed by atoms with E-state index in [0.29, 0.717) is 17.1 Å². The molecule has 7 heteroatoms. The van der Waals surface area contributed by atoms with Crippen molar-refractivity contribution in [1.82, 2.24) is 9.80 Å². The number of Topliss-reactive ketones (excluding diaryl/α,β-unsaturated/α-hetero) is 1. The average Bonchev–Trinajstić information content (AvgIpc) is 3.57. The maximum Gasteiger partial charge on any atom is 0.236 e. The van der Waals surface area contributed by atoms with Gasteiger partial charge in [-0.05, 0) is 48.2 Å². The lowest BCUT2D eigenvalue weighted by Gasteiger charge is -2.37. The zero-order valence-corrected chi connectivity index (χ0v) is 19.3. The number of likely N-dealkylation sites (tertiary alicyclic amines) is 1. The van der Waals surface area contributed by atoms with Crippen molar-refractivity contribution in [2.24, 2.45) is 11.8 Å². The van der Waals surface area contributed by atoms with E-state index in [-0.39, 0.29) is 36.5 Å². The zero-order valence-electron chi connectivity index (χ0n) is 19.3. The van der Waals surface area contributed by atoms with Crippen LogP contribution in [0, 0.1) is 11.8 Å². The Hall–Kier alpha value is -3.61. The fourth-order valence-electron chi connectivity index (χ4n) is 6.80. The summed E-state index contributed by atoms with van der Waals surface area (Å²) in [5.74, 6) is -0.623. The van der Waals surface area contributed by atoms with E-state index >= 15 is 0 Å². The predicted molar refractivity (Wildman–Crippen MR) is 126 cm³/mol. The molecule has 4 aliphatic heterocycles. The third kappa shape index (κ3) is 2.93. The number of hydrogen-bond donors (Lipinski definition) is 0. The van der Waals surface area contributed by atoms with Crippen LogP contribution in [-0.2, 0) is 9.59 Å². The Kier molecular flexibility index (Phi) is 4.56. The van der Waals surface area contributed by atoms with Crippen molar-refractivity contribution in [2.75, 3.05) is 6.79 Å². The minimum absolute atomic E-state index is 0.0570. The van der Waals surface area contributed by atoms with Gasteiger partial charge in [-0.3, -0.25) is 19.3 Å². The number of ketones is 1. The highest BCUT2D eigenvalue weighted by molar-refractivity contribution is 6.12. The van der Waals surface area contributed by atoms with Gasteiger partial charge in [-0.25, -0.2) is 0 Å². The normalized spacial score (nSPS) is 28.8. The first-order chi connectivity index (χ1) is 17.1. The molecule has 178 valence electrons. The highest BCUT2D eigenvalue weighted by Crippen LogP contribution is 2.54. The Morgan fingerprint density at radius 2 is 1.66 bits per heavy atom. The van der Waals surface area contributed by atoms with E-state index in [0.717, 1.165) is 43.2 Å². The van der Waals surface area contributed by atoms with Crippen molar-refractivity contribution in [1.29, 1.82) is 0 Å². The fourth-order valence-corrected chi connectivity index (χ4v) is 6.80. The molecule has 0 spiro atoms. The number of carbonyl (C=O) groups excluding carboxylic acids is 3. The molecular formula is C28H26N2O5. The van der Waals surface area contributed by atoms with Crippen LogP contribution in [0.5, 0.6) is 11.5 Å². The van der Waals surface area contributed by atoms with Crippen molar-refractivity contribution in [3.05, 3.63) is 65.4 Å². The standard InChI is InChI=1S/C28H26N2O5/c31-26(17-10-11-20-21(14-17)35-15-34-20)25-23-22(24-19-9-5-4-6-16(19)12-13-29(24)25)27(32)30(28(23)33)18-7-2-1-3-8-18/h4-6,9-14,18,22-25H,1-3,7-8,15H2/t22-,23-,24+,25+/m1/s1. The maximum absolute atomic E-state index is 14.0. The summed E-state index contributed by atoms with van der Waals surface area (Å²) < 4.78 is 10.9. The van der Waals surface area contributed by atoms with Crippen LogP contribution in [0.1, 0.15) is 59.6 Å². The fraction of sp³-hybridized carbons (Fsp3) is 0.393. The van der Waals surface area contributed by atoms with Crippen LogP contribution >= 0.6 is 0 Å². The number of nitrogens with zero attached hydrogens (tertiary/aromatic N) is 2. The van der Waals surface area contributed by atoms with E-state index in [9.17, 15) is 14.4 Å². The molecule has 0 bridgehead atoms. The van der Waals surface area contributed by atoms with Crippen molar-refractivity contribution in [3.63, 3.8) is 0 Å². The number of carbonyl (C=O) groups is 3. The Morgan fingerprint density at radius 3 is 2.51 bits per heavy atom. The second kappa shape index (κ2) is 7.70. The molecule has 1 aliphatic carbocycles. The Morgan fingerprint density at radius 1 is 0.886 bits per heavy atom. The lowest BCUT2D eigenvalue weighted by molar-refractivity contribution is -0.144. The topological polar surface area (TPSA) is 76.1 Å². The molecule has 5 aliphatic rings. The third-order valence-corrected chi connectivity index (χ3v) is 8.36. The van der Waals surface area contributed by atoms with E-state index in [4.69, 9.17) is 9.47 Å². The number of ether oxygens (including phenoxy) is 2. The molecule has 0 unspecified atom stereocenters. The molecule has 7 rings (SSSR count). The second-order valence-electron chi connectivity index (χ2n) is 10.1. The van der Waals surface area contributed by atoms with E-state index in [2.05, 4.69) is 0 Å². The Balaban J connectivity index is 1.33. The molecule has 0 radical (unpaired) electrons. The number of hydrogen-bond acceptors (Lipinski definition) is 6. The van der Waals surface area contributed by atoms with Crippen molar-refractivity contribution >= 4 is 23.7 Å². The summed E-state index contributed by atoms with van der Waals surface area (Å²) in [6, 6.07) is 12.0. The van der Waals surface area contributed by atoms with Crippen LogP contribution in [0.25, 0.3) is 6.08 Å². The quantitative estimate of drug-likeness (QED) is 0.500. The molecule has 2 saturated heterocycles. The molecule has 1 saturated carbocycles. The van der Waals surface area contributed by atoms with E-state index in [1.807, 2.05) is 41.4 Å². The second-order valence-corrected chi connectivity index (χ2v) is 10.1. The largest absolute Gasteiger partial charge is 0.454 e. The highest BCUT2D eigenvalue weighted by Gasteiger charge is 2.65. The molecule has 35 heavy (non-hydrogen) atoms. The number of amides is 2. The van der Waals surface area contributed by atoms with Gasteiger partial charge in [0.25, 0.3) is 0 Å². The summed E-state index contributed by atoms with van der Waals surface area (Å²) in [7, 11) is 0. The van der Waals surface area contributed by atoms with Crippen molar-refractivity contribution < 1.29 is 23.9 Å². The lowest BCUT2D eigenvalue weighted by atomic mass is 9.83. The summed E-state index contributed by atoms with van der Waals surface area (Å²) >= 11 is 0. The van der Waals surface area contributed by atoms with Gasteiger partial charge in [-0.2, -0.15) is 0 Å². The monoisotopic (exact) mass is 470 g/mol. The summed E-state index contributed by atoms with van der Waals surface area (Å²) in [4.78, 5) is 45.4. The first-order valence-corrected chi connectivity index (χ1v) is 12.5. The molecule has 0 N–H and O–H groups in total. The minimum Gasteiger partial charge on any atom is -0.454 e. The van der Waals surface area contributed by atoms with Gasteiger partial charge < -0.3 is 14.4 Å². The van der Waals surface area contributed by atoms with Crippen LogP contribution in [0.15, 0.2) is 48.7 Å². The summed E-state index contributed by atoms with van der Waals surface area (Å²) in [6.07, 6.45) is 8.76. The van der Waals surface area contributed by atoms with Crippen LogP contribution in [-0.4, -0.2) is 46.3 Å². The molecule has 7 nitrogen and oxygen atoms in total. The Labute approximate surface area is 203 Å². The third-order valence-electron chi connectivity index (χ3n) is 8.36. The predicted octanol–water partition coefficient (Wildman–Crippen LogP) is 3.94.